The summed E-state index contributed by atoms with van der Waals surface area (Å²) in [6.45, 7) is 10.9. The van der Waals surface area contributed by atoms with Crippen LogP contribution in [0.4, 0.5) is 0 Å². The third-order valence-electron chi connectivity index (χ3n) is 6.15. The van der Waals surface area contributed by atoms with Gasteiger partial charge in [0.15, 0.2) is 0 Å². The summed E-state index contributed by atoms with van der Waals surface area (Å²) in [7, 11) is 0. The Labute approximate surface area is 172 Å². The van der Waals surface area contributed by atoms with Gasteiger partial charge >= 0.3 is 0 Å². The van der Waals surface area contributed by atoms with Gasteiger partial charge in [-0.3, -0.25) is 0 Å². The van der Waals surface area contributed by atoms with Crippen molar-refractivity contribution in [1.82, 2.24) is 10.6 Å². The van der Waals surface area contributed by atoms with Crippen molar-refractivity contribution in [2.24, 2.45) is 0 Å². The first-order valence-corrected chi connectivity index (χ1v) is 11.1. The lowest BCUT2D eigenvalue weighted by Gasteiger charge is -2.33. The van der Waals surface area contributed by atoms with Crippen molar-refractivity contribution >= 4 is 0 Å². The maximum absolute atomic E-state index is 3.84. The first kappa shape index (κ1) is 21.1. The SMILES string of the molecule is CCc1ccc(CNC2CCCCC2NCc2ccc(C(C)(C)C)cc2)cc1. The second-order valence-electron chi connectivity index (χ2n) is 9.38. The van der Waals surface area contributed by atoms with Crippen molar-refractivity contribution in [3.8, 4) is 0 Å². The maximum Gasteiger partial charge on any atom is 0.0224 e. The van der Waals surface area contributed by atoms with Gasteiger partial charge in [-0.15, -0.1) is 0 Å². The van der Waals surface area contributed by atoms with Gasteiger partial charge in [0, 0.05) is 25.2 Å². The second kappa shape index (κ2) is 9.71. The summed E-state index contributed by atoms with van der Waals surface area (Å²) in [5.74, 6) is 0. The molecule has 2 atom stereocenters. The minimum Gasteiger partial charge on any atom is -0.308 e. The van der Waals surface area contributed by atoms with Crippen LogP contribution in [0.1, 0.15) is 75.6 Å². The van der Waals surface area contributed by atoms with E-state index in [1.807, 2.05) is 0 Å². The van der Waals surface area contributed by atoms with Gasteiger partial charge in [-0.1, -0.05) is 89.1 Å². The fourth-order valence-electron chi connectivity index (χ4n) is 4.13. The average Bonchev–Trinajstić information content (AvgIpc) is 2.71. The van der Waals surface area contributed by atoms with Crippen LogP contribution in [-0.4, -0.2) is 12.1 Å². The van der Waals surface area contributed by atoms with E-state index in [2.05, 4.69) is 86.9 Å². The molecule has 3 rings (SSSR count). The molecule has 0 amide bonds. The van der Waals surface area contributed by atoms with Gasteiger partial charge in [0.05, 0.1) is 0 Å². The number of hydrogen-bond acceptors (Lipinski definition) is 2. The van der Waals surface area contributed by atoms with Gasteiger partial charge < -0.3 is 10.6 Å². The van der Waals surface area contributed by atoms with Crippen LogP contribution >= 0.6 is 0 Å². The van der Waals surface area contributed by atoms with Crippen LogP contribution in [0, 0.1) is 0 Å². The van der Waals surface area contributed by atoms with Crippen LogP contribution in [-0.2, 0) is 24.9 Å². The summed E-state index contributed by atoms with van der Waals surface area (Å²) < 4.78 is 0. The van der Waals surface area contributed by atoms with E-state index in [1.54, 1.807) is 0 Å². The first-order chi connectivity index (χ1) is 13.5. The number of benzene rings is 2. The Morgan fingerprint density at radius 3 is 1.57 bits per heavy atom. The molecule has 2 N–H and O–H groups in total. The summed E-state index contributed by atoms with van der Waals surface area (Å²) >= 11 is 0. The van der Waals surface area contributed by atoms with Crippen molar-refractivity contribution in [2.75, 3.05) is 0 Å². The summed E-state index contributed by atoms with van der Waals surface area (Å²) in [4.78, 5) is 0. The minimum absolute atomic E-state index is 0.222. The molecule has 1 aliphatic carbocycles. The summed E-state index contributed by atoms with van der Waals surface area (Å²) in [5, 5.41) is 7.67. The van der Waals surface area contributed by atoms with Crippen LogP contribution in [0.25, 0.3) is 0 Å². The van der Waals surface area contributed by atoms with Crippen molar-refractivity contribution in [2.45, 2.75) is 90.4 Å². The van der Waals surface area contributed by atoms with Gasteiger partial charge in [0.1, 0.15) is 0 Å². The largest absolute Gasteiger partial charge is 0.308 e. The van der Waals surface area contributed by atoms with Crippen LogP contribution in [0.5, 0.6) is 0 Å². The van der Waals surface area contributed by atoms with Crippen LogP contribution in [0.15, 0.2) is 48.5 Å². The highest BCUT2D eigenvalue weighted by molar-refractivity contribution is 5.27. The molecule has 1 aliphatic rings. The topological polar surface area (TPSA) is 24.1 Å². The van der Waals surface area contributed by atoms with E-state index in [1.165, 1.54) is 47.9 Å². The Morgan fingerprint density at radius 1 is 0.714 bits per heavy atom. The molecule has 0 aliphatic heterocycles. The molecule has 2 nitrogen and oxygen atoms in total. The monoisotopic (exact) mass is 378 g/mol. The lowest BCUT2D eigenvalue weighted by molar-refractivity contribution is 0.281. The predicted molar refractivity (Wildman–Crippen MR) is 121 cm³/mol. The van der Waals surface area contributed by atoms with Gasteiger partial charge in [-0.25, -0.2) is 0 Å². The highest BCUT2D eigenvalue weighted by atomic mass is 15.0. The third-order valence-corrected chi connectivity index (χ3v) is 6.15. The molecule has 2 heteroatoms. The van der Waals surface area contributed by atoms with E-state index >= 15 is 0 Å². The van der Waals surface area contributed by atoms with Gasteiger partial charge in [0.25, 0.3) is 0 Å². The normalized spacial score (nSPS) is 20.3. The molecule has 2 aromatic carbocycles. The lowest BCUT2D eigenvalue weighted by atomic mass is 9.86. The quantitative estimate of drug-likeness (QED) is 0.642. The van der Waals surface area contributed by atoms with Gasteiger partial charge in [-0.2, -0.15) is 0 Å². The van der Waals surface area contributed by atoms with E-state index in [4.69, 9.17) is 0 Å². The molecule has 152 valence electrons. The van der Waals surface area contributed by atoms with Crippen molar-refractivity contribution in [3.05, 3.63) is 70.8 Å². The molecule has 28 heavy (non-hydrogen) atoms. The Hall–Kier alpha value is -1.64. The van der Waals surface area contributed by atoms with Crippen molar-refractivity contribution < 1.29 is 0 Å². The summed E-state index contributed by atoms with van der Waals surface area (Å²) in [5.41, 5.74) is 5.81. The zero-order chi connectivity index (χ0) is 20.0. The highest BCUT2D eigenvalue weighted by Gasteiger charge is 2.24. The van der Waals surface area contributed by atoms with E-state index in [0.717, 1.165) is 19.5 Å². The molecule has 0 saturated heterocycles. The molecule has 2 unspecified atom stereocenters. The molecule has 0 aromatic heterocycles. The van der Waals surface area contributed by atoms with Crippen LogP contribution in [0.3, 0.4) is 0 Å². The fraction of sp³-hybridized carbons (Fsp3) is 0.538. The Balaban J connectivity index is 1.52. The zero-order valence-electron chi connectivity index (χ0n) is 18.2. The van der Waals surface area contributed by atoms with E-state index < -0.39 is 0 Å². The van der Waals surface area contributed by atoms with Crippen LogP contribution in [0.2, 0.25) is 0 Å². The highest BCUT2D eigenvalue weighted by Crippen LogP contribution is 2.23. The molecule has 1 saturated carbocycles. The first-order valence-electron chi connectivity index (χ1n) is 11.1. The number of nitrogens with one attached hydrogen (secondary N) is 2. The maximum atomic E-state index is 3.84. The predicted octanol–water partition coefficient (Wildman–Crippen LogP) is 5.74. The summed E-state index contributed by atoms with van der Waals surface area (Å²) in [6.07, 6.45) is 6.33. The average molecular weight is 379 g/mol. The van der Waals surface area contributed by atoms with E-state index in [9.17, 15) is 0 Å². The Morgan fingerprint density at radius 2 is 1.14 bits per heavy atom. The number of aryl methyl sites for hydroxylation is 1. The zero-order valence-corrected chi connectivity index (χ0v) is 18.2. The van der Waals surface area contributed by atoms with E-state index in [-0.39, 0.29) is 5.41 Å². The Bertz CT molecular complexity index is 710. The summed E-state index contributed by atoms with van der Waals surface area (Å²) in [6, 6.07) is 19.3. The number of hydrogen-bond donors (Lipinski definition) is 2. The smallest absolute Gasteiger partial charge is 0.0224 e. The molecular formula is C26H38N2. The standard InChI is InChI=1S/C26H38N2/c1-5-20-10-12-21(13-11-20)18-27-24-8-6-7-9-25(24)28-19-22-14-16-23(17-15-22)26(2,3)4/h10-17,24-25,27-28H,5-9,18-19H2,1-4H3. The fourth-order valence-corrected chi connectivity index (χ4v) is 4.13. The molecular weight excluding hydrogens is 340 g/mol. The second-order valence-corrected chi connectivity index (χ2v) is 9.38. The molecule has 0 radical (unpaired) electrons. The number of rotatable bonds is 7. The third kappa shape index (κ3) is 5.93. The lowest BCUT2D eigenvalue weighted by Crippen LogP contribution is -2.49. The minimum atomic E-state index is 0.222. The van der Waals surface area contributed by atoms with Gasteiger partial charge in [0.2, 0.25) is 0 Å². The van der Waals surface area contributed by atoms with Crippen molar-refractivity contribution in [3.63, 3.8) is 0 Å². The van der Waals surface area contributed by atoms with Crippen LogP contribution < -0.4 is 10.6 Å². The van der Waals surface area contributed by atoms with E-state index in [0.29, 0.717) is 12.1 Å². The molecule has 1 fully saturated rings. The molecule has 0 heterocycles. The molecule has 0 spiro atoms. The van der Waals surface area contributed by atoms with Crippen molar-refractivity contribution in [1.29, 1.82) is 0 Å². The van der Waals surface area contributed by atoms with Gasteiger partial charge in [-0.05, 0) is 46.9 Å². The Kier molecular flexibility index (Phi) is 7.31. The molecule has 0 bridgehead atoms. The molecule has 2 aromatic rings.